The lowest BCUT2D eigenvalue weighted by Gasteiger charge is -2.00. The van der Waals surface area contributed by atoms with E-state index in [2.05, 4.69) is 73.7 Å². The van der Waals surface area contributed by atoms with Gasteiger partial charge in [-0.2, -0.15) is 0 Å². The molecule has 5 rings (SSSR count). The minimum atomic E-state index is 0.959. The van der Waals surface area contributed by atoms with E-state index in [1.165, 1.54) is 37.9 Å². The molecule has 1 aromatic heterocycles. The molecule has 0 aliphatic carbocycles. The van der Waals surface area contributed by atoms with Crippen molar-refractivity contribution < 1.29 is 4.42 Å². The van der Waals surface area contributed by atoms with Gasteiger partial charge in [-0.05, 0) is 52.7 Å². The number of hydrogen-bond donors (Lipinski definition) is 0. The Kier molecular flexibility index (Phi) is 2.21. The highest BCUT2D eigenvalue weighted by molar-refractivity contribution is 6.13. The average molecular weight is 282 g/mol. The molecule has 0 radical (unpaired) electrons. The van der Waals surface area contributed by atoms with Gasteiger partial charge in [0, 0.05) is 10.8 Å². The highest BCUT2D eigenvalue weighted by Gasteiger charge is 2.09. The van der Waals surface area contributed by atoms with Crippen LogP contribution >= 0.6 is 0 Å². The molecule has 0 saturated heterocycles. The van der Waals surface area contributed by atoms with Gasteiger partial charge in [-0.1, -0.05) is 48.0 Å². The van der Waals surface area contributed by atoms with E-state index in [1.54, 1.807) is 0 Å². The fourth-order valence-corrected chi connectivity index (χ4v) is 3.32. The maximum Gasteiger partial charge on any atom is 0.136 e. The molecule has 1 heterocycles. The summed E-state index contributed by atoms with van der Waals surface area (Å²) in [7, 11) is 0. The lowest BCUT2D eigenvalue weighted by molar-refractivity contribution is 0.670. The average Bonchev–Trinajstić information content (AvgIpc) is 2.87. The maximum atomic E-state index is 6.10. The first-order chi connectivity index (χ1) is 10.8. The summed E-state index contributed by atoms with van der Waals surface area (Å²) < 4.78 is 6.10. The van der Waals surface area contributed by atoms with Gasteiger partial charge in [0.15, 0.2) is 0 Å². The number of benzene rings is 4. The molecule has 0 bridgehead atoms. The predicted molar refractivity (Wildman–Crippen MR) is 93.5 cm³/mol. The van der Waals surface area contributed by atoms with Crippen LogP contribution in [0.4, 0.5) is 0 Å². The minimum Gasteiger partial charge on any atom is -0.456 e. The molecule has 1 heteroatoms. The Labute approximate surface area is 127 Å². The Bertz CT molecular complexity index is 1180. The summed E-state index contributed by atoms with van der Waals surface area (Å²) in [6.45, 7) is 2.13. The summed E-state index contributed by atoms with van der Waals surface area (Å²) in [5.41, 5.74) is 3.20. The topological polar surface area (TPSA) is 13.1 Å². The van der Waals surface area contributed by atoms with Crippen LogP contribution in [0, 0.1) is 6.92 Å². The van der Waals surface area contributed by atoms with Gasteiger partial charge in [0.05, 0.1) is 0 Å². The van der Waals surface area contributed by atoms with Gasteiger partial charge >= 0.3 is 0 Å². The van der Waals surface area contributed by atoms with Crippen molar-refractivity contribution in [1.82, 2.24) is 0 Å². The van der Waals surface area contributed by atoms with Crippen LogP contribution in [0.3, 0.4) is 0 Å². The second kappa shape index (κ2) is 4.11. The molecule has 104 valence electrons. The van der Waals surface area contributed by atoms with Gasteiger partial charge in [0.1, 0.15) is 11.2 Å². The zero-order valence-corrected chi connectivity index (χ0v) is 12.3. The maximum absolute atomic E-state index is 6.10. The second-order valence-electron chi connectivity index (χ2n) is 6.00. The third kappa shape index (κ3) is 1.59. The van der Waals surface area contributed by atoms with Crippen molar-refractivity contribution in [3.05, 3.63) is 72.3 Å². The molecule has 0 aliphatic heterocycles. The Morgan fingerprint density at radius 2 is 1.18 bits per heavy atom. The molecular weight excluding hydrogens is 268 g/mol. The number of aryl methyl sites for hydroxylation is 1. The van der Waals surface area contributed by atoms with Crippen molar-refractivity contribution in [2.24, 2.45) is 0 Å². The SMILES string of the molecule is Cc1ccc2cc3oc4cc5ccccc5cc4c3cc2c1. The van der Waals surface area contributed by atoms with Crippen LogP contribution in [0.2, 0.25) is 0 Å². The highest BCUT2D eigenvalue weighted by Crippen LogP contribution is 2.34. The number of hydrogen-bond acceptors (Lipinski definition) is 1. The number of rotatable bonds is 0. The van der Waals surface area contributed by atoms with Crippen LogP contribution in [0.15, 0.2) is 71.1 Å². The zero-order valence-electron chi connectivity index (χ0n) is 12.3. The van der Waals surface area contributed by atoms with E-state index in [-0.39, 0.29) is 0 Å². The molecule has 5 aromatic rings. The van der Waals surface area contributed by atoms with Crippen LogP contribution in [-0.2, 0) is 0 Å². The first-order valence-electron chi connectivity index (χ1n) is 7.53. The third-order valence-corrected chi connectivity index (χ3v) is 4.45. The van der Waals surface area contributed by atoms with Crippen molar-refractivity contribution in [3.8, 4) is 0 Å². The van der Waals surface area contributed by atoms with Crippen LogP contribution < -0.4 is 0 Å². The lowest BCUT2D eigenvalue weighted by atomic mass is 10.0. The van der Waals surface area contributed by atoms with Crippen LogP contribution in [-0.4, -0.2) is 0 Å². The van der Waals surface area contributed by atoms with E-state index in [0.29, 0.717) is 0 Å². The van der Waals surface area contributed by atoms with E-state index in [1.807, 2.05) is 0 Å². The van der Waals surface area contributed by atoms with Crippen molar-refractivity contribution >= 4 is 43.5 Å². The van der Waals surface area contributed by atoms with Gasteiger partial charge in [-0.3, -0.25) is 0 Å². The van der Waals surface area contributed by atoms with Crippen molar-refractivity contribution in [2.45, 2.75) is 6.92 Å². The van der Waals surface area contributed by atoms with Crippen molar-refractivity contribution in [3.63, 3.8) is 0 Å². The monoisotopic (exact) mass is 282 g/mol. The molecule has 0 spiro atoms. The molecule has 0 saturated carbocycles. The summed E-state index contributed by atoms with van der Waals surface area (Å²) in [5.74, 6) is 0. The fraction of sp³-hybridized carbons (Fsp3) is 0.0476. The normalized spacial score (nSPS) is 11.9. The van der Waals surface area contributed by atoms with E-state index in [0.717, 1.165) is 11.2 Å². The van der Waals surface area contributed by atoms with E-state index in [4.69, 9.17) is 4.42 Å². The largest absolute Gasteiger partial charge is 0.456 e. The van der Waals surface area contributed by atoms with Gasteiger partial charge in [-0.15, -0.1) is 0 Å². The Balaban J connectivity index is 1.98. The number of fused-ring (bicyclic) bond motifs is 5. The molecule has 1 nitrogen and oxygen atoms in total. The quantitative estimate of drug-likeness (QED) is 0.329. The minimum absolute atomic E-state index is 0.959. The highest BCUT2D eigenvalue weighted by atomic mass is 16.3. The van der Waals surface area contributed by atoms with Gasteiger partial charge in [-0.25, -0.2) is 0 Å². The van der Waals surface area contributed by atoms with Gasteiger partial charge < -0.3 is 4.42 Å². The molecule has 0 unspecified atom stereocenters. The first kappa shape index (κ1) is 11.8. The molecule has 0 fully saturated rings. The molecule has 0 aliphatic rings. The second-order valence-corrected chi connectivity index (χ2v) is 6.00. The van der Waals surface area contributed by atoms with Gasteiger partial charge in [0.25, 0.3) is 0 Å². The smallest absolute Gasteiger partial charge is 0.136 e. The summed E-state index contributed by atoms with van der Waals surface area (Å²) in [6, 6.07) is 23.7. The molecule has 22 heavy (non-hydrogen) atoms. The summed E-state index contributed by atoms with van der Waals surface area (Å²) in [6.07, 6.45) is 0. The Hall–Kier alpha value is -2.80. The van der Waals surface area contributed by atoms with Crippen LogP contribution in [0.25, 0.3) is 43.5 Å². The van der Waals surface area contributed by atoms with E-state index in [9.17, 15) is 0 Å². The van der Waals surface area contributed by atoms with Crippen LogP contribution in [0.5, 0.6) is 0 Å². The van der Waals surface area contributed by atoms with Crippen molar-refractivity contribution in [2.75, 3.05) is 0 Å². The molecule has 0 N–H and O–H groups in total. The standard InChI is InChI=1S/C21H14O/c1-13-6-7-16-12-21-19(10-17(16)8-13)18-9-14-4-2-3-5-15(14)11-20(18)22-21/h2-12H,1H3. The van der Waals surface area contributed by atoms with Crippen molar-refractivity contribution in [1.29, 1.82) is 0 Å². The summed E-state index contributed by atoms with van der Waals surface area (Å²) >= 11 is 0. The zero-order chi connectivity index (χ0) is 14.7. The van der Waals surface area contributed by atoms with E-state index >= 15 is 0 Å². The molecule has 0 amide bonds. The fourth-order valence-electron chi connectivity index (χ4n) is 3.32. The summed E-state index contributed by atoms with van der Waals surface area (Å²) in [5, 5.41) is 7.34. The third-order valence-electron chi connectivity index (χ3n) is 4.45. The Morgan fingerprint density at radius 1 is 0.591 bits per heavy atom. The predicted octanol–water partition coefficient (Wildman–Crippen LogP) is 6.20. The Morgan fingerprint density at radius 3 is 1.91 bits per heavy atom. The van der Waals surface area contributed by atoms with Gasteiger partial charge in [0.2, 0.25) is 0 Å². The van der Waals surface area contributed by atoms with Crippen LogP contribution in [0.1, 0.15) is 5.56 Å². The molecule has 4 aromatic carbocycles. The molecular formula is C21H14O. The van der Waals surface area contributed by atoms with E-state index < -0.39 is 0 Å². The molecule has 0 atom stereocenters. The number of furan rings is 1. The lowest BCUT2D eigenvalue weighted by Crippen LogP contribution is -1.76. The first-order valence-corrected chi connectivity index (χ1v) is 7.53. The summed E-state index contributed by atoms with van der Waals surface area (Å²) in [4.78, 5) is 0.